The van der Waals surface area contributed by atoms with Gasteiger partial charge in [-0.3, -0.25) is 0 Å². The normalized spacial score (nSPS) is 12.4. The maximum Gasteiger partial charge on any atom is 0.223 e. The van der Waals surface area contributed by atoms with Crippen LogP contribution in [0, 0.1) is 6.92 Å². The summed E-state index contributed by atoms with van der Waals surface area (Å²) in [5, 5.41) is 3.33. The van der Waals surface area contributed by atoms with E-state index in [0.717, 1.165) is 17.0 Å². The fourth-order valence-corrected chi connectivity index (χ4v) is 2.07. The molecule has 106 valence electrons. The quantitative estimate of drug-likeness (QED) is 0.876. The molecule has 1 aromatic heterocycles. The largest absolute Gasteiger partial charge is 0.346 e. The first-order chi connectivity index (χ1) is 9.60. The Morgan fingerprint density at radius 3 is 2.45 bits per heavy atom. The van der Waals surface area contributed by atoms with Crippen LogP contribution in [-0.4, -0.2) is 16.5 Å². The molecule has 1 unspecified atom stereocenters. The third-order valence-corrected chi connectivity index (χ3v) is 3.21. The Morgan fingerprint density at radius 1 is 1.15 bits per heavy atom. The molecule has 1 aromatic carbocycles. The van der Waals surface area contributed by atoms with Crippen molar-refractivity contribution in [2.24, 2.45) is 5.73 Å². The Balaban J connectivity index is 2.24. The van der Waals surface area contributed by atoms with Crippen molar-refractivity contribution in [1.29, 1.82) is 0 Å². The monoisotopic (exact) mass is 270 g/mol. The van der Waals surface area contributed by atoms with Crippen molar-refractivity contribution < 1.29 is 0 Å². The van der Waals surface area contributed by atoms with Crippen molar-refractivity contribution in [3.05, 3.63) is 53.3 Å². The van der Waals surface area contributed by atoms with E-state index >= 15 is 0 Å². The van der Waals surface area contributed by atoms with Crippen LogP contribution in [0.1, 0.15) is 42.8 Å². The number of anilines is 1. The number of aryl methyl sites for hydroxylation is 1. The molecule has 0 spiro atoms. The van der Waals surface area contributed by atoms with E-state index in [9.17, 15) is 0 Å². The number of aromatic nitrogens is 2. The van der Waals surface area contributed by atoms with Gasteiger partial charge in [0.15, 0.2) is 0 Å². The summed E-state index contributed by atoms with van der Waals surface area (Å²) in [6, 6.07) is 12.2. The molecule has 2 rings (SSSR count). The fraction of sp³-hybridized carbons (Fsp3) is 0.375. The van der Waals surface area contributed by atoms with E-state index in [1.807, 2.05) is 31.2 Å². The number of nitrogens with one attached hydrogen (secondary N) is 1. The molecule has 0 aliphatic carbocycles. The average Bonchev–Trinajstić information content (AvgIpc) is 2.45. The van der Waals surface area contributed by atoms with Crippen LogP contribution >= 0.6 is 0 Å². The molecule has 0 bridgehead atoms. The zero-order valence-electron chi connectivity index (χ0n) is 12.3. The van der Waals surface area contributed by atoms with E-state index in [0.29, 0.717) is 18.4 Å². The number of hydrogen-bond acceptors (Lipinski definition) is 4. The van der Waals surface area contributed by atoms with Gasteiger partial charge in [0.25, 0.3) is 0 Å². The van der Waals surface area contributed by atoms with Crippen LogP contribution < -0.4 is 11.1 Å². The van der Waals surface area contributed by atoms with Crippen molar-refractivity contribution in [1.82, 2.24) is 9.97 Å². The van der Waals surface area contributed by atoms with Gasteiger partial charge in [0.1, 0.15) is 0 Å². The number of nitrogens with two attached hydrogens (primary N) is 1. The van der Waals surface area contributed by atoms with Gasteiger partial charge in [-0.05, 0) is 24.5 Å². The standard InChI is InChI=1S/C16H22N4/c1-11(2)14-9-12(3)18-16(19-14)20-15(10-17)13-7-5-4-6-8-13/h4-9,11,15H,10,17H2,1-3H3,(H,18,19,20). The van der Waals surface area contributed by atoms with E-state index in [2.05, 4.69) is 41.3 Å². The van der Waals surface area contributed by atoms with Crippen LogP contribution in [0.25, 0.3) is 0 Å². The van der Waals surface area contributed by atoms with Crippen molar-refractivity contribution in [3.63, 3.8) is 0 Å². The Hall–Kier alpha value is -1.94. The number of hydrogen-bond donors (Lipinski definition) is 2. The predicted octanol–water partition coefficient (Wildman–Crippen LogP) is 3.02. The van der Waals surface area contributed by atoms with Gasteiger partial charge < -0.3 is 11.1 Å². The van der Waals surface area contributed by atoms with Crippen LogP contribution in [0.3, 0.4) is 0 Å². The molecule has 2 aromatic rings. The highest BCUT2D eigenvalue weighted by molar-refractivity contribution is 5.34. The lowest BCUT2D eigenvalue weighted by molar-refractivity contribution is 0.759. The average molecular weight is 270 g/mol. The summed E-state index contributed by atoms with van der Waals surface area (Å²) in [5.74, 6) is 1.03. The van der Waals surface area contributed by atoms with Crippen LogP contribution in [0.4, 0.5) is 5.95 Å². The summed E-state index contributed by atoms with van der Waals surface area (Å²) in [5.41, 5.74) is 9.03. The van der Waals surface area contributed by atoms with E-state index in [1.54, 1.807) is 0 Å². The Labute approximate surface area is 120 Å². The molecule has 3 N–H and O–H groups in total. The minimum atomic E-state index is 0.0259. The molecular weight excluding hydrogens is 248 g/mol. The molecule has 0 saturated carbocycles. The van der Waals surface area contributed by atoms with E-state index in [4.69, 9.17) is 5.73 Å². The minimum absolute atomic E-state index is 0.0259. The van der Waals surface area contributed by atoms with Crippen molar-refractivity contribution in [2.45, 2.75) is 32.7 Å². The predicted molar refractivity (Wildman–Crippen MR) is 82.7 cm³/mol. The third-order valence-electron chi connectivity index (χ3n) is 3.21. The summed E-state index contributed by atoms with van der Waals surface area (Å²) in [6.45, 7) is 6.74. The van der Waals surface area contributed by atoms with E-state index < -0.39 is 0 Å². The first-order valence-corrected chi connectivity index (χ1v) is 6.97. The second-order valence-corrected chi connectivity index (χ2v) is 5.26. The summed E-state index contributed by atoms with van der Waals surface area (Å²) in [6.07, 6.45) is 0. The minimum Gasteiger partial charge on any atom is -0.346 e. The van der Waals surface area contributed by atoms with Gasteiger partial charge in [0.05, 0.1) is 6.04 Å². The van der Waals surface area contributed by atoms with E-state index in [1.165, 1.54) is 0 Å². The molecule has 4 nitrogen and oxygen atoms in total. The Kier molecular flexibility index (Phi) is 4.69. The van der Waals surface area contributed by atoms with Crippen LogP contribution in [-0.2, 0) is 0 Å². The molecular formula is C16H22N4. The van der Waals surface area contributed by atoms with Gasteiger partial charge in [-0.2, -0.15) is 0 Å². The first kappa shape index (κ1) is 14.5. The number of benzene rings is 1. The third kappa shape index (κ3) is 3.54. The SMILES string of the molecule is Cc1cc(C(C)C)nc(NC(CN)c2ccccc2)n1. The molecule has 0 saturated heterocycles. The lowest BCUT2D eigenvalue weighted by Crippen LogP contribution is -2.22. The van der Waals surface area contributed by atoms with Gasteiger partial charge >= 0.3 is 0 Å². The van der Waals surface area contributed by atoms with Crippen molar-refractivity contribution in [2.75, 3.05) is 11.9 Å². The first-order valence-electron chi connectivity index (χ1n) is 6.97. The lowest BCUT2D eigenvalue weighted by atomic mass is 10.1. The molecule has 0 amide bonds. The van der Waals surface area contributed by atoms with Gasteiger partial charge in [-0.1, -0.05) is 44.2 Å². The van der Waals surface area contributed by atoms with Crippen LogP contribution in [0.5, 0.6) is 0 Å². The smallest absolute Gasteiger partial charge is 0.223 e. The molecule has 1 atom stereocenters. The van der Waals surface area contributed by atoms with E-state index in [-0.39, 0.29) is 6.04 Å². The highest BCUT2D eigenvalue weighted by Gasteiger charge is 2.12. The van der Waals surface area contributed by atoms with Gasteiger partial charge in [-0.15, -0.1) is 0 Å². The summed E-state index contributed by atoms with van der Waals surface area (Å²) in [4.78, 5) is 9.02. The number of rotatable bonds is 5. The molecule has 4 heteroatoms. The van der Waals surface area contributed by atoms with Crippen molar-refractivity contribution in [3.8, 4) is 0 Å². The Bertz CT molecular complexity index is 552. The fourth-order valence-electron chi connectivity index (χ4n) is 2.07. The maximum atomic E-state index is 5.87. The second-order valence-electron chi connectivity index (χ2n) is 5.26. The topological polar surface area (TPSA) is 63.8 Å². The molecule has 0 radical (unpaired) electrons. The molecule has 0 aliphatic heterocycles. The molecule has 0 aliphatic rings. The highest BCUT2D eigenvalue weighted by Crippen LogP contribution is 2.19. The maximum absolute atomic E-state index is 5.87. The second kappa shape index (κ2) is 6.48. The van der Waals surface area contributed by atoms with Crippen molar-refractivity contribution >= 4 is 5.95 Å². The molecule has 0 fully saturated rings. The van der Waals surface area contributed by atoms with Crippen LogP contribution in [0.15, 0.2) is 36.4 Å². The lowest BCUT2D eigenvalue weighted by Gasteiger charge is -2.18. The van der Waals surface area contributed by atoms with Gasteiger partial charge in [-0.25, -0.2) is 9.97 Å². The summed E-state index contributed by atoms with van der Waals surface area (Å²) >= 11 is 0. The highest BCUT2D eigenvalue weighted by atomic mass is 15.1. The zero-order valence-corrected chi connectivity index (χ0v) is 12.3. The summed E-state index contributed by atoms with van der Waals surface area (Å²) in [7, 11) is 0. The zero-order chi connectivity index (χ0) is 14.5. The Morgan fingerprint density at radius 2 is 1.85 bits per heavy atom. The summed E-state index contributed by atoms with van der Waals surface area (Å²) < 4.78 is 0. The molecule has 1 heterocycles. The van der Waals surface area contributed by atoms with Gasteiger partial charge in [0.2, 0.25) is 5.95 Å². The van der Waals surface area contributed by atoms with Crippen LogP contribution in [0.2, 0.25) is 0 Å². The number of nitrogens with zero attached hydrogens (tertiary/aromatic N) is 2. The molecule has 20 heavy (non-hydrogen) atoms. The van der Waals surface area contributed by atoms with Gasteiger partial charge in [0, 0.05) is 17.9 Å².